The Kier molecular flexibility index (Phi) is 8.45. The molecule has 1 heterocycles. The molecular formula is C24H34BBrN4O4. The van der Waals surface area contributed by atoms with E-state index in [1.54, 1.807) is 52.5 Å². The van der Waals surface area contributed by atoms with Gasteiger partial charge in [-0.2, -0.15) is 0 Å². The van der Waals surface area contributed by atoms with E-state index in [9.17, 15) is 9.59 Å². The molecule has 0 radical (unpaired) electrons. The maximum Gasteiger partial charge on any atom is 0.494 e. The molecule has 3 rings (SSSR count). The summed E-state index contributed by atoms with van der Waals surface area (Å²) in [6.45, 7) is 7.98. The van der Waals surface area contributed by atoms with E-state index in [0.29, 0.717) is 22.5 Å². The zero-order chi connectivity index (χ0) is 26.0. The zero-order valence-corrected chi connectivity index (χ0v) is 22.7. The Hall–Kier alpha value is -2.56. The van der Waals surface area contributed by atoms with Crippen molar-refractivity contribution in [3.63, 3.8) is 0 Å². The van der Waals surface area contributed by atoms with Crippen LogP contribution in [0, 0.1) is 0 Å². The molecule has 0 unspecified atom stereocenters. The van der Waals surface area contributed by atoms with Gasteiger partial charge in [0.15, 0.2) is 0 Å². The number of amides is 2. The fourth-order valence-electron chi connectivity index (χ4n) is 3.08. The third-order valence-electron chi connectivity index (χ3n) is 5.89. The minimum absolute atomic E-state index is 0.0844. The minimum atomic E-state index is -0.496. The number of rotatable bonds is 3. The molecule has 0 aliphatic carbocycles. The second-order valence-corrected chi connectivity index (χ2v) is 10.5. The van der Waals surface area contributed by atoms with Crippen LogP contribution in [-0.4, -0.2) is 68.1 Å². The molecule has 1 aliphatic heterocycles. The van der Waals surface area contributed by atoms with Crippen molar-refractivity contribution in [3.05, 3.63) is 52.0 Å². The molecule has 34 heavy (non-hydrogen) atoms. The molecule has 2 amide bonds. The van der Waals surface area contributed by atoms with E-state index < -0.39 is 18.3 Å². The number of nitrogens with zero attached hydrogens (tertiary/aromatic N) is 2. The highest BCUT2D eigenvalue weighted by Crippen LogP contribution is 2.36. The Balaban J connectivity index is 0.000000270. The highest BCUT2D eigenvalue weighted by molar-refractivity contribution is 9.10. The van der Waals surface area contributed by atoms with Gasteiger partial charge in [0.1, 0.15) is 0 Å². The van der Waals surface area contributed by atoms with Crippen molar-refractivity contribution >= 4 is 51.7 Å². The number of nitrogen functional groups attached to an aromatic ring is 2. The summed E-state index contributed by atoms with van der Waals surface area (Å²) in [7, 11) is 6.29. The van der Waals surface area contributed by atoms with Gasteiger partial charge in [-0.25, -0.2) is 0 Å². The van der Waals surface area contributed by atoms with Crippen molar-refractivity contribution in [3.8, 4) is 0 Å². The molecule has 0 saturated carbocycles. The molecule has 4 N–H and O–H groups in total. The van der Waals surface area contributed by atoms with Gasteiger partial charge in [-0.1, -0.05) is 22.0 Å². The number of hydrogen-bond donors (Lipinski definition) is 2. The highest BCUT2D eigenvalue weighted by Gasteiger charge is 2.51. The Morgan fingerprint density at radius 2 is 1.21 bits per heavy atom. The van der Waals surface area contributed by atoms with Crippen molar-refractivity contribution in [1.82, 2.24) is 9.80 Å². The van der Waals surface area contributed by atoms with Gasteiger partial charge in [-0.3, -0.25) is 9.59 Å². The van der Waals surface area contributed by atoms with Crippen LogP contribution in [0.4, 0.5) is 11.4 Å². The Morgan fingerprint density at radius 3 is 1.65 bits per heavy atom. The smallest absolute Gasteiger partial charge is 0.399 e. The van der Waals surface area contributed by atoms with Crippen molar-refractivity contribution < 1.29 is 18.9 Å². The first-order valence-electron chi connectivity index (χ1n) is 10.8. The normalized spacial score (nSPS) is 15.9. The second kappa shape index (κ2) is 10.4. The molecule has 8 nitrogen and oxygen atoms in total. The summed E-state index contributed by atoms with van der Waals surface area (Å²) in [4.78, 5) is 26.7. The first kappa shape index (κ1) is 27.7. The molecule has 0 atom stereocenters. The molecule has 2 aromatic carbocycles. The lowest BCUT2D eigenvalue weighted by atomic mass is 9.78. The van der Waals surface area contributed by atoms with E-state index in [0.717, 1.165) is 9.94 Å². The van der Waals surface area contributed by atoms with Crippen LogP contribution in [0.15, 0.2) is 40.9 Å². The summed E-state index contributed by atoms with van der Waals surface area (Å²) in [5, 5.41) is 0. The van der Waals surface area contributed by atoms with Crippen LogP contribution >= 0.6 is 15.9 Å². The fourth-order valence-corrected chi connectivity index (χ4v) is 3.44. The Labute approximate surface area is 210 Å². The lowest BCUT2D eigenvalue weighted by Gasteiger charge is -2.32. The zero-order valence-electron chi connectivity index (χ0n) is 21.1. The molecule has 1 aliphatic rings. The number of benzene rings is 2. The lowest BCUT2D eigenvalue weighted by Crippen LogP contribution is -2.41. The highest BCUT2D eigenvalue weighted by atomic mass is 79.9. The van der Waals surface area contributed by atoms with E-state index in [1.165, 1.54) is 9.80 Å². The molecule has 1 saturated heterocycles. The third kappa shape index (κ3) is 6.11. The van der Waals surface area contributed by atoms with Gasteiger partial charge in [0, 0.05) is 44.0 Å². The third-order valence-corrected chi connectivity index (χ3v) is 6.38. The number of nitrogens with two attached hydrogens (primary N) is 2. The average Bonchev–Trinajstić information content (AvgIpc) is 2.96. The maximum atomic E-state index is 12.2. The lowest BCUT2D eigenvalue weighted by molar-refractivity contribution is 0.00578. The van der Waals surface area contributed by atoms with E-state index in [4.69, 9.17) is 20.8 Å². The summed E-state index contributed by atoms with van der Waals surface area (Å²) in [6, 6.07) is 10.5. The van der Waals surface area contributed by atoms with Gasteiger partial charge >= 0.3 is 7.12 Å². The summed E-state index contributed by atoms with van der Waals surface area (Å²) >= 11 is 3.29. The monoisotopic (exact) mass is 532 g/mol. The predicted molar refractivity (Wildman–Crippen MR) is 141 cm³/mol. The quantitative estimate of drug-likeness (QED) is 0.464. The fraction of sp³-hybridized carbons (Fsp3) is 0.417. The molecule has 10 heteroatoms. The van der Waals surface area contributed by atoms with Gasteiger partial charge in [0.2, 0.25) is 0 Å². The maximum absolute atomic E-state index is 12.2. The number of anilines is 2. The van der Waals surface area contributed by atoms with Crippen LogP contribution in [0.25, 0.3) is 0 Å². The van der Waals surface area contributed by atoms with E-state index in [2.05, 4.69) is 15.9 Å². The first-order valence-corrected chi connectivity index (χ1v) is 11.6. The van der Waals surface area contributed by atoms with Crippen LogP contribution < -0.4 is 16.9 Å². The topological polar surface area (TPSA) is 111 Å². The van der Waals surface area contributed by atoms with Crippen LogP contribution in [-0.2, 0) is 9.31 Å². The van der Waals surface area contributed by atoms with E-state index >= 15 is 0 Å². The average molecular weight is 533 g/mol. The number of carbonyl (C=O) groups excluding carboxylic acids is 2. The van der Waals surface area contributed by atoms with Crippen LogP contribution in [0.5, 0.6) is 0 Å². The second-order valence-electron chi connectivity index (χ2n) is 9.57. The van der Waals surface area contributed by atoms with Crippen LogP contribution in [0.3, 0.4) is 0 Å². The number of hydrogen-bond acceptors (Lipinski definition) is 6. The van der Waals surface area contributed by atoms with E-state index in [1.807, 2.05) is 39.8 Å². The molecule has 0 bridgehead atoms. The van der Waals surface area contributed by atoms with Crippen molar-refractivity contribution in [1.29, 1.82) is 0 Å². The minimum Gasteiger partial charge on any atom is -0.399 e. The van der Waals surface area contributed by atoms with E-state index in [-0.39, 0.29) is 11.8 Å². The molecule has 2 aromatic rings. The van der Waals surface area contributed by atoms with Crippen molar-refractivity contribution in [2.45, 2.75) is 38.9 Å². The van der Waals surface area contributed by atoms with Gasteiger partial charge in [0.05, 0.1) is 22.3 Å². The Bertz CT molecular complexity index is 1060. The predicted octanol–water partition coefficient (Wildman–Crippen LogP) is 3.00. The standard InChI is InChI=1S/C15H23BN2O3.C9H11BrN2O/c1-14(2)15(3,4)21-16(20-14)10-7-8-12(17)11(9-10)13(19)18(5)6;1-12(2)9(13)7-5-6(10)3-4-8(7)11/h7-9H,17H2,1-6H3;3-5H,11H2,1-2H3. The van der Waals surface area contributed by atoms with Gasteiger partial charge in [-0.15, -0.1) is 0 Å². The number of halogens is 1. The van der Waals surface area contributed by atoms with Gasteiger partial charge in [-0.05, 0) is 63.5 Å². The van der Waals surface area contributed by atoms with Gasteiger partial charge in [0.25, 0.3) is 11.8 Å². The summed E-state index contributed by atoms with van der Waals surface area (Å²) in [6.07, 6.45) is 0. The summed E-state index contributed by atoms with van der Waals surface area (Å²) in [5.74, 6) is -0.218. The first-order chi connectivity index (χ1) is 15.6. The van der Waals surface area contributed by atoms with Crippen LogP contribution in [0.1, 0.15) is 48.4 Å². The Morgan fingerprint density at radius 1 is 0.794 bits per heavy atom. The van der Waals surface area contributed by atoms with Gasteiger partial charge < -0.3 is 30.6 Å². The molecular weight excluding hydrogens is 499 g/mol. The summed E-state index contributed by atoms with van der Waals surface area (Å²) in [5.41, 5.74) is 13.5. The van der Waals surface area contributed by atoms with Crippen molar-refractivity contribution in [2.75, 3.05) is 39.7 Å². The molecule has 0 spiro atoms. The van der Waals surface area contributed by atoms with Crippen molar-refractivity contribution in [2.24, 2.45) is 0 Å². The van der Waals surface area contributed by atoms with Crippen LogP contribution in [0.2, 0.25) is 0 Å². The molecule has 0 aromatic heterocycles. The number of carbonyl (C=O) groups is 2. The SMILES string of the molecule is CN(C)C(=O)c1cc(B2OC(C)(C)C(C)(C)O2)ccc1N.CN(C)C(=O)c1cc(Br)ccc1N. The molecule has 184 valence electrons. The largest absolute Gasteiger partial charge is 0.494 e. The molecule has 1 fully saturated rings. The summed E-state index contributed by atoms with van der Waals surface area (Å²) < 4.78 is 12.8.